The van der Waals surface area contributed by atoms with Gasteiger partial charge >= 0.3 is 0 Å². The van der Waals surface area contributed by atoms with Crippen molar-refractivity contribution < 1.29 is 29.3 Å². The predicted octanol–water partition coefficient (Wildman–Crippen LogP) is 8.88. The highest BCUT2D eigenvalue weighted by atomic mass is 32.1. The van der Waals surface area contributed by atoms with Crippen molar-refractivity contribution in [3.8, 4) is 11.5 Å². The van der Waals surface area contributed by atoms with Crippen LogP contribution in [0.25, 0.3) is 0 Å². The molecule has 2 N–H and O–H groups in total. The zero-order valence-corrected chi connectivity index (χ0v) is 33.0. The van der Waals surface area contributed by atoms with Gasteiger partial charge < -0.3 is 24.6 Å². The van der Waals surface area contributed by atoms with Crippen LogP contribution in [0.1, 0.15) is 122 Å². The van der Waals surface area contributed by atoms with Crippen LogP contribution in [-0.2, 0) is 24.1 Å². The van der Waals surface area contributed by atoms with Crippen molar-refractivity contribution in [3.05, 3.63) is 92.7 Å². The van der Waals surface area contributed by atoms with Gasteiger partial charge in [0.05, 0.1) is 32.3 Å². The van der Waals surface area contributed by atoms with E-state index in [1.165, 1.54) is 16.9 Å². The molecule has 7 nitrogen and oxygen atoms in total. The summed E-state index contributed by atoms with van der Waals surface area (Å²) in [6.45, 7) is 5.06. The zero-order valence-electron chi connectivity index (χ0n) is 32.2. The lowest BCUT2D eigenvalue weighted by atomic mass is 9.64. The molecule has 4 aliphatic rings. The van der Waals surface area contributed by atoms with E-state index in [1.807, 2.05) is 29.2 Å². The number of carbonyl (C=O) groups is 2. The van der Waals surface area contributed by atoms with Gasteiger partial charge in [0.15, 0.2) is 17.3 Å². The van der Waals surface area contributed by atoms with E-state index in [0.29, 0.717) is 43.7 Å². The number of rotatable bonds is 11. The molecule has 286 valence electrons. The molecule has 53 heavy (non-hydrogen) atoms. The molecule has 0 aliphatic heterocycles. The molecule has 0 radical (unpaired) electrons. The standard InChI is InChI=1S/C45H59NO6S/c1-31-10-8-22-44(2)39(37-18-15-32(26-35(47)17-14-31)27-38(37)43(49)34-11-6-5-7-12-34)20-23-45(44,50)30-46(24-21-36-13-9-25-53-36)42(48)29-33-16-19-40(51-3)41(28-33)52-4/h9-10,13,15-16,18-19,25,27-28,34-35,39,47,50H,5-8,11-12,14,17,20-24,26,29-30H2,1-4H3. The SMILES string of the molecule is COc1ccc(CC(=O)N(CCc2cccs2)CC2(O)CCC3c4ccc(cc4C(=O)C4CCCCC4)CC(O)CCC(C)=CCCC32C)cc1OC. The number of aliphatic hydroxyl groups excluding tert-OH is 1. The molecule has 3 aromatic rings. The van der Waals surface area contributed by atoms with E-state index >= 15 is 0 Å². The number of carbonyl (C=O) groups excluding carboxylic acids is 2. The molecule has 4 aliphatic carbocycles. The van der Waals surface area contributed by atoms with Gasteiger partial charge in [-0.2, -0.15) is 0 Å². The fourth-order valence-electron chi connectivity index (χ4n) is 9.38. The second kappa shape index (κ2) is 17.3. The minimum absolute atomic E-state index is 0.0145. The third-order valence-corrected chi connectivity index (χ3v) is 13.7. The van der Waals surface area contributed by atoms with Gasteiger partial charge in [0.1, 0.15) is 0 Å². The van der Waals surface area contributed by atoms with Gasteiger partial charge in [0.2, 0.25) is 5.91 Å². The van der Waals surface area contributed by atoms with Gasteiger partial charge in [-0.15, -0.1) is 11.3 Å². The number of hydrogen-bond acceptors (Lipinski definition) is 7. The Morgan fingerprint density at radius 1 is 0.962 bits per heavy atom. The zero-order chi connectivity index (χ0) is 37.6. The smallest absolute Gasteiger partial charge is 0.227 e. The van der Waals surface area contributed by atoms with E-state index in [9.17, 15) is 19.8 Å². The molecule has 2 saturated carbocycles. The van der Waals surface area contributed by atoms with Crippen LogP contribution >= 0.6 is 11.3 Å². The molecular weight excluding hydrogens is 683 g/mol. The lowest BCUT2D eigenvalue weighted by molar-refractivity contribution is -0.139. The van der Waals surface area contributed by atoms with Crippen molar-refractivity contribution in [2.45, 2.75) is 121 Å². The summed E-state index contributed by atoms with van der Waals surface area (Å²) in [6, 6.07) is 16.0. The van der Waals surface area contributed by atoms with Crippen LogP contribution < -0.4 is 9.47 Å². The van der Waals surface area contributed by atoms with Crippen LogP contribution in [0.4, 0.5) is 0 Å². The highest BCUT2D eigenvalue weighted by Gasteiger charge is 2.57. The number of fused-ring (bicyclic) bond motifs is 8. The Morgan fingerprint density at radius 2 is 1.75 bits per heavy atom. The molecule has 1 aromatic heterocycles. The molecule has 2 fully saturated rings. The highest BCUT2D eigenvalue weighted by molar-refractivity contribution is 7.09. The Labute approximate surface area is 320 Å². The van der Waals surface area contributed by atoms with Crippen LogP contribution in [0, 0.1) is 11.3 Å². The molecular formula is C45H59NO6S. The van der Waals surface area contributed by atoms with Gasteiger partial charge in [0.25, 0.3) is 0 Å². The van der Waals surface area contributed by atoms with E-state index in [0.717, 1.165) is 73.6 Å². The molecule has 0 saturated heterocycles. The normalized spacial score (nSPS) is 25.3. The molecule has 7 rings (SSSR count). The number of allylic oxidation sites excluding steroid dienone is 2. The third kappa shape index (κ3) is 8.92. The van der Waals surface area contributed by atoms with Crippen molar-refractivity contribution in [2.24, 2.45) is 11.3 Å². The number of ketones is 1. The van der Waals surface area contributed by atoms with E-state index in [2.05, 4.69) is 49.6 Å². The second-order valence-electron chi connectivity index (χ2n) is 16.2. The first-order chi connectivity index (χ1) is 25.5. The first-order valence-electron chi connectivity index (χ1n) is 19.8. The predicted molar refractivity (Wildman–Crippen MR) is 212 cm³/mol. The van der Waals surface area contributed by atoms with E-state index in [1.54, 1.807) is 25.6 Å². The van der Waals surface area contributed by atoms with Crippen LogP contribution in [0.3, 0.4) is 0 Å². The number of hydrogen-bond donors (Lipinski definition) is 2. The lowest BCUT2D eigenvalue weighted by Gasteiger charge is -2.46. The Hall–Kier alpha value is -3.46. The van der Waals surface area contributed by atoms with Gasteiger partial charge in [0, 0.05) is 34.9 Å². The van der Waals surface area contributed by atoms with Crippen molar-refractivity contribution in [1.29, 1.82) is 0 Å². The summed E-state index contributed by atoms with van der Waals surface area (Å²) in [5.74, 6) is 1.32. The molecule has 1 amide bonds. The Morgan fingerprint density at radius 3 is 2.49 bits per heavy atom. The van der Waals surface area contributed by atoms with Crippen LogP contribution in [0.2, 0.25) is 0 Å². The summed E-state index contributed by atoms with van der Waals surface area (Å²) in [4.78, 5) is 31.9. The van der Waals surface area contributed by atoms with E-state index < -0.39 is 17.1 Å². The number of Topliss-reactive ketones (excluding diaryl/α,β-unsaturated/α-hetero) is 1. The van der Waals surface area contributed by atoms with Crippen LogP contribution in [0.15, 0.2) is 65.6 Å². The van der Waals surface area contributed by atoms with Gasteiger partial charge in [-0.1, -0.05) is 62.1 Å². The fraction of sp³-hybridized carbons (Fsp3) is 0.556. The third-order valence-electron chi connectivity index (χ3n) is 12.7. The largest absolute Gasteiger partial charge is 0.493 e. The van der Waals surface area contributed by atoms with Gasteiger partial charge in [-0.3, -0.25) is 9.59 Å². The molecule has 0 spiro atoms. The van der Waals surface area contributed by atoms with Crippen molar-refractivity contribution in [2.75, 3.05) is 27.3 Å². The summed E-state index contributed by atoms with van der Waals surface area (Å²) >= 11 is 1.68. The number of benzene rings is 2. The summed E-state index contributed by atoms with van der Waals surface area (Å²) in [5, 5.41) is 26.2. The van der Waals surface area contributed by atoms with Crippen LogP contribution in [0.5, 0.6) is 11.5 Å². The fourth-order valence-corrected chi connectivity index (χ4v) is 10.1. The van der Waals surface area contributed by atoms with Gasteiger partial charge in [-0.25, -0.2) is 0 Å². The summed E-state index contributed by atoms with van der Waals surface area (Å²) in [7, 11) is 3.19. The summed E-state index contributed by atoms with van der Waals surface area (Å²) in [5.41, 5.74) is 3.08. The maximum atomic E-state index is 14.4. The number of amides is 1. The first-order valence-corrected chi connectivity index (χ1v) is 20.7. The average molecular weight is 742 g/mol. The van der Waals surface area contributed by atoms with Crippen molar-refractivity contribution in [1.82, 2.24) is 4.90 Å². The van der Waals surface area contributed by atoms with E-state index in [4.69, 9.17) is 9.47 Å². The maximum absolute atomic E-state index is 14.4. The minimum Gasteiger partial charge on any atom is -0.493 e. The summed E-state index contributed by atoms with van der Waals surface area (Å²) < 4.78 is 11.0. The number of thiophene rings is 1. The monoisotopic (exact) mass is 741 g/mol. The lowest BCUT2D eigenvalue weighted by Crippen LogP contribution is -2.54. The Bertz CT molecular complexity index is 1750. The first kappa shape index (κ1) is 39.2. The topological polar surface area (TPSA) is 96.3 Å². The molecule has 2 aromatic carbocycles. The van der Waals surface area contributed by atoms with E-state index in [-0.39, 0.29) is 36.5 Å². The average Bonchev–Trinajstić information content (AvgIpc) is 3.78. The number of nitrogens with zero attached hydrogens (tertiary/aromatic N) is 1. The maximum Gasteiger partial charge on any atom is 0.227 e. The molecule has 8 heteroatoms. The Balaban J connectivity index is 1.37. The summed E-state index contributed by atoms with van der Waals surface area (Å²) in [6.07, 6.45) is 12.6. The molecule has 4 unspecified atom stereocenters. The minimum atomic E-state index is -1.18. The molecule has 1 heterocycles. The number of aliphatic hydroxyl groups is 2. The Kier molecular flexibility index (Phi) is 12.8. The highest BCUT2D eigenvalue weighted by Crippen LogP contribution is 2.59. The van der Waals surface area contributed by atoms with Crippen molar-refractivity contribution in [3.63, 3.8) is 0 Å². The van der Waals surface area contributed by atoms with Crippen LogP contribution in [-0.4, -0.2) is 65.8 Å². The number of methoxy groups -OCH3 is 2. The van der Waals surface area contributed by atoms with Crippen molar-refractivity contribution >= 4 is 23.0 Å². The molecule has 2 bridgehead atoms. The molecule has 4 atom stereocenters. The second-order valence-corrected chi connectivity index (χ2v) is 17.2. The number of ether oxygens (including phenoxy) is 2. The quantitative estimate of drug-likeness (QED) is 0.151. The van der Waals surface area contributed by atoms with Gasteiger partial charge in [-0.05, 0) is 123 Å².